The number of nitrogens with zero attached hydrogens (tertiary/aromatic N) is 2. The van der Waals surface area contributed by atoms with E-state index in [0.717, 1.165) is 0 Å². The van der Waals surface area contributed by atoms with Crippen LogP contribution in [0.3, 0.4) is 0 Å². The summed E-state index contributed by atoms with van der Waals surface area (Å²) in [5.41, 5.74) is 6.26. The largest absolute Gasteiger partial charge is 0.477 e. The first-order valence-electron chi connectivity index (χ1n) is 3.97. The molecule has 0 unspecified atom stereocenters. The molecule has 5 heteroatoms. The number of carbonyl (C=O) groups is 1. The molecule has 0 spiro atoms. The Morgan fingerprint density at radius 1 is 1.71 bits per heavy atom. The van der Waals surface area contributed by atoms with Gasteiger partial charge in [0, 0.05) is 12.2 Å². The van der Waals surface area contributed by atoms with Crippen molar-refractivity contribution in [3.8, 4) is 6.07 Å². The molecule has 0 amide bonds. The summed E-state index contributed by atoms with van der Waals surface area (Å²) in [6.07, 6.45) is 1.57. The molecule has 0 aliphatic rings. The Balaban J connectivity index is 2.84. The predicted molar refractivity (Wildman–Crippen MR) is 48.4 cm³/mol. The molecule has 3 N–H and O–H groups in total. The van der Waals surface area contributed by atoms with Crippen molar-refractivity contribution in [3.63, 3.8) is 0 Å². The molecule has 0 aliphatic heterocycles. The van der Waals surface area contributed by atoms with Gasteiger partial charge in [-0.05, 0) is 11.6 Å². The van der Waals surface area contributed by atoms with Crippen LogP contribution in [0, 0.1) is 11.3 Å². The third-order valence-electron chi connectivity index (χ3n) is 1.74. The van der Waals surface area contributed by atoms with Crippen molar-refractivity contribution in [2.45, 2.75) is 12.5 Å². The summed E-state index contributed by atoms with van der Waals surface area (Å²) >= 11 is 0. The molecule has 0 saturated heterocycles. The van der Waals surface area contributed by atoms with Crippen molar-refractivity contribution in [2.24, 2.45) is 5.73 Å². The molecule has 0 radical (unpaired) electrons. The third kappa shape index (κ3) is 2.28. The number of rotatable bonds is 3. The van der Waals surface area contributed by atoms with Gasteiger partial charge >= 0.3 is 5.97 Å². The Morgan fingerprint density at radius 2 is 2.43 bits per heavy atom. The lowest BCUT2D eigenvalue weighted by molar-refractivity contribution is 0.0690. The van der Waals surface area contributed by atoms with E-state index in [9.17, 15) is 4.79 Å². The summed E-state index contributed by atoms with van der Waals surface area (Å²) in [7, 11) is 0. The minimum Gasteiger partial charge on any atom is -0.477 e. The van der Waals surface area contributed by atoms with Gasteiger partial charge in [0.1, 0.15) is 5.69 Å². The van der Waals surface area contributed by atoms with Crippen molar-refractivity contribution in [2.75, 3.05) is 0 Å². The van der Waals surface area contributed by atoms with E-state index in [1.165, 1.54) is 12.3 Å². The molecule has 0 saturated carbocycles. The van der Waals surface area contributed by atoms with Gasteiger partial charge in [-0.15, -0.1) is 0 Å². The van der Waals surface area contributed by atoms with Gasteiger partial charge in [0.2, 0.25) is 0 Å². The van der Waals surface area contributed by atoms with Crippen LogP contribution < -0.4 is 5.73 Å². The highest BCUT2D eigenvalue weighted by Gasteiger charge is 2.08. The minimum absolute atomic E-state index is 0.0297. The third-order valence-corrected chi connectivity index (χ3v) is 1.74. The maximum atomic E-state index is 10.5. The number of aromatic carboxylic acids is 1. The molecule has 1 rings (SSSR count). The molecular formula is C9H9N3O2. The molecule has 1 aromatic heterocycles. The zero-order valence-corrected chi connectivity index (χ0v) is 7.34. The van der Waals surface area contributed by atoms with Gasteiger partial charge in [0.05, 0.1) is 12.5 Å². The molecule has 14 heavy (non-hydrogen) atoms. The van der Waals surface area contributed by atoms with Gasteiger partial charge in [-0.1, -0.05) is 6.07 Å². The van der Waals surface area contributed by atoms with Crippen LogP contribution in [-0.4, -0.2) is 16.1 Å². The summed E-state index contributed by atoms with van der Waals surface area (Å²) in [5.74, 6) is -1.08. The Labute approximate surface area is 80.8 Å². The number of nitriles is 1. The average Bonchev–Trinajstić information content (AvgIpc) is 2.18. The molecule has 72 valence electrons. The number of carboxylic acid groups (broad SMARTS) is 1. The van der Waals surface area contributed by atoms with Crippen molar-refractivity contribution in [1.82, 2.24) is 4.98 Å². The molecule has 1 atom stereocenters. The molecule has 0 aromatic carbocycles. The van der Waals surface area contributed by atoms with E-state index in [-0.39, 0.29) is 12.1 Å². The number of carboxylic acids is 1. The second kappa shape index (κ2) is 4.35. The van der Waals surface area contributed by atoms with Crippen molar-refractivity contribution < 1.29 is 9.90 Å². The highest BCUT2D eigenvalue weighted by atomic mass is 16.4. The number of nitrogens with two attached hydrogens (primary N) is 1. The summed E-state index contributed by atoms with van der Waals surface area (Å²) in [6, 6.07) is 4.46. The number of pyridine rings is 1. The molecule has 0 aliphatic carbocycles. The molecule has 1 aromatic rings. The summed E-state index contributed by atoms with van der Waals surface area (Å²) in [6.45, 7) is 0. The summed E-state index contributed by atoms with van der Waals surface area (Å²) < 4.78 is 0. The first-order chi connectivity index (χ1) is 6.65. The molecular weight excluding hydrogens is 182 g/mol. The average molecular weight is 191 g/mol. The SMILES string of the molecule is N#CC[C@@H](N)c1ccc(C(=O)O)nc1. The van der Waals surface area contributed by atoms with Crippen LogP contribution in [-0.2, 0) is 0 Å². The fourth-order valence-corrected chi connectivity index (χ4v) is 0.967. The maximum Gasteiger partial charge on any atom is 0.354 e. The Hall–Kier alpha value is -1.93. The first kappa shape index (κ1) is 10.2. The van der Waals surface area contributed by atoms with Crippen molar-refractivity contribution in [1.29, 1.82) is 5.26 Å². The summed E-state index contributed by atoms with van der Waals surface area (Å²) in [5, 5.41) is 17.0. The number of hydrogen-bond donors (Lipinski definition) is 2. The normalized spacial score (nSPS) is 11.7. The zero-order valence-electron chi connectivity index (χ0n) is 7.34. The van der Waals surface area contributed by atoms with Crippen LogP contribution in [0.25, 0.3) is 0 Å². The van der Waals surface area contributed by atoms with Crippen LogP contribution in [0.15, 0.2) is 18.3 Å². The topological polar surface area (TPSA) is 100 Å². The first-order valence-corrected chi connectivity index (χ1v) is 3.97. The van der Waals surface area contributed by atoms with Gasteiger partial charge in [-0.3, -0.25) is 0 Å². The molecule has 0 fully saturated rings. The van der Waals surface area contributed by atoms with Crippen LogP contribution in [0.1, 0.15) is 28.5 Å². The second-order valence-electron chi connectivity index (χ2n) is 2.75. The number of aromatic nitrogens is 1. The van der Waals surface area contributed by atoms with Gasteiger partial charge in [-0.25, -0.2) is 9.78 Å². The highest BCUT2D eigenvalue weighted by molar-refractivity contribution is 5.85. The Morgan fingerprint density at radius 3 is 2.86 bits per heavy atom. The standard InChI is InChI=1S/C9H9N3O2/c10-4-3-7(11)6-1-2-8(9(13)14)12-5-6/h1-2,5,7H,3,11H2,(H,13,14)/t7-/m1/s1. The van der Waals surface area contributed by atoms with Gasteiger partial charge in [0.15, 0.2) is 0 Å². The second-order valence-corrected chi connectivity index (χ2v) is 2.75. The fraction of sp³-hybridized carbons (Fsp3) is 0.222. The lowest BCUT2D eigenvalue weighted by Crippen LogP contribution is -2.10. The van der Waals surface area contributed by atoms with Crippen LogP contribution in [0.5, 0.6) is 0 Å². The quantitative estimate of drug-likeness (QED) is 0.732. The van der Waals surface area contributed by atoms with Crippen LogP contribution in [0.2, 0.25) is 0 Å². The van der Waals surface area contributed by atoms with Crippen LogP contribution in [0.4, 0.5) is 0 Å². The number of hydrogen-bond acceptors (Lipinski definition) is 4. The van der Waals surface area contributed by atoms with Crippen molar-refractivity contribution >= 4 is 5.97 Å². The van der Waals surface area contributed by atoms with E-state index >= 15 is 0 Å². The molecule has 5 nitrogen and oxygen atoms in total. The monoisotopic (exact) mass is 191 g/mol. The Kier molecular flexibility index (Phi) is 3.15. The van der Waals surface area contributed by atoms with Crippen molar-refractivity contribution in [3.05, 3.63) is 29.6 Å². The smallest absolute Gasteiger partial charge is 0.354 e. The zero-order chi connectivity index (χ0) is 10.6. The van der Waals surface area contributed by atoms with E-state index in [0.29, 0.717) is 5.56 Å². The molecule has 0 bridgehead atoms. The van der Waals surface area contributed by atoms with Gasteiger partial charge in [0.25, 0.3) is 0 Å². The van der Waals surface area contributed by atoms with E-state index in [1.54, 1.807) is 6.07 Å². The minimum atomic E-state index is -1.08. The lowest BCUT2D eigenvalue weighted by atomic mass is 10.1. The van der Waals surface area contributed by atoms with E-state index in [1.807, 2.05) is 6.07 Å². The van der Waals surface area contributed by atoms with Gasteiger partial charge in [-0.2, -0.15) is 5.26 Å². The van der Waals surface area contributed by atoms with E-state index < -0.39 is 12.0 Å². The predicted octanol–water partition coefficient (Wildman–Crippen LogP) is 0.693. The van der Waals surface area contributed by atoms with E-state index in [2.05, 4.69) is 4.98 Å². The van der Waals surface area contributed by atoms with Gasteiger partial charge < -0.3 is 10.8 Å². The van der Waals surface area contributed by atoms with E-state index in [4.69, 9.17) is 16.1 Å². The fourth-order valence-electron chi connectivity index (χ4n) is 0.967. The Bertz CT molecular complexity index is 367. The highest BCUT2D eigenvalue weighted by Crippen LogP contribution is 2.12. The summed E-state index contributed by atoms with van der Waals surface area (Å²) in [4.78, 5) is 14.2. The molecule has 1 heterocycles. The maximum absolute atomic E-state index is 10.5. The van der Waals surface area contributed by atoms with Crippen LogP contribution >= 0.6 is 0 Å². The lowest BCUT2D eigenvalue weighted by Gasteiger charge is -2.06.